The molecule has 7 nitrogen and oxygen atoms in total. The fraction of sp³-hybridized carbons (Fsp3) is 0.750. The number of hydrogen-bond acceptors (Lipinski definition) is 5. The number of ether oxygens (including phenoxy) is 1. The van der Waals surface area contributed by atoms with Crippen LogP contribution in [0.4, 0.5) is 0 Å². The van der Waals surface area contributed by atoms with Crippen LogP contribution < -0.4 is 0 Å². The Bertz CT molecular complexity index is 690. The van der Waals surface area contributed by atoms with Crippen LogP contribution in [0.2, 0.25) is 0 Å². The summed E-state index contributed by atoms with van der Waals surface area (Å²) in [6, 6.07) is -0.372. The molecule has 1 N–H and O–H groups in total. The molecular formula is C20H28N2O5. The van der Waals surface area contributed by atoms with Crippen LogP contribution in [0.15, 0.2) is 11.6 Å². The quantitative estimate of drug-likeness (QED) is 0.570. The number of fused-ring (bicyclic) bond motifs is 6. The first-order chi connectivity index (χ1) is 12.9. The largest absolute Gasteiger partial charge is 0.456 e. The van der Waals surface area contributed by atoms with Gasteiger partial charge in [-0.25, -0.2) is 4.79 Å². The van der Waals surface area contributed by atoms with Gasteiger partial charge in [-0.3, -0.25) is 9.59 Å². The Hall–Kier alpha value is -1.89. The molecule has 0 aromatic carbocycles. The lowest BCUT2D eigenvalue weighted by Crippen LogP contribution is -2.71. The summed E-state index contributed by atoms with van der Waals surface area (Å²) in [5, 5.41) is 10.9. The predicted octanol–water partition coefficient (Wildman–Crippen LogP) is 0.857. The van der Waals surface area contributed by atoms with Crippen LogP contribution in [0.1, 0.15) is 46.0 Å². The molecular weight excluding hydrogens is 348 g/mol. The highest BCUT2D eigenvalue weighted by atomic mass is 16.6. The lowest BCUT2D eigenvalue weighted by atomic mass is 9.69. The van der Waals surface area contributed by atoms with E-state index in [1.54, 1.807) is 24.8 Å². The summed E-state index contributed by atoms with van der Waals surface area (Å²) in [7, 11) is 0. The van der Waals surface area contributed by atoms with E-state index in [1.807, 2.05) is 4.90 Å². The van der Waals surface area contributed by atoms with Crippen LogP contribution in [0.25, 0.3) is 0 Å². The number of allylic oxidation sites excluding steroid dienone is 1. The third kappa shape index (κ3) is 2.96. The Morgan fingerprint density at radius 2 is 2.04 bits per heavy atom. The zero-order chi connectivity index (χ0) is 19.3. The fourth-order valence-corrected chi connectivity index (χ4v) is 5.37. The number of piperidine rings is 4. The molecule has 2 amide bonds. The molecule has 4 fully saturated rings. The van der Waals surface area contributed by atoms with Crippen molar-refractivity contribution in [3.8, 4) is 0 Å². The molecule has 0 spiro atoms. The van der Waals surface area contributed by atoms with Gasteiger partial charge in [-0.05, 0) is 45.4 Å². The molecule has 0 radical (unpaired) electrons. The Morgan fingerprint density at radius 3 is 2.78 bits per heavy atom. The van der Waals surface area contributed by atoms with E-state index in [-0.39, 0.29) is 30.2 Å². The van der Waals surface area contributed by atoms with Gasteiger partial charge in [-0.15, -0.1) is 0 Å². The smallest absolute Gasteiger partial charge is 0.333 e. The molecule has 4 heterocycles. The number of carbonyl (C=O) groups is 3. The van der Waals surface area contributed by atoms with Crippen molar-refractivity contribution < 1.29 is 24.2 Å². The molecule has 0 aliphatic carbocycles. The van der Waals surface area contributed by atoms with Gasteiger partial charge < -0.3 is 19.6 Å². The first-order valence-electron chi connectivity index (χ1n) is 10.0. The zero-order valence-corrected chi connectivity index (χ0v) is 16.0. The van der Waals surface area contributed by atoms with Crippen molar-refractivity contribution >= 4 is 17.8 Å². The Kier molecular flexibility index (Phi) is 4.74. The van der Waals surface area contributed by atoms with E-state index in [0.717, 1.165) is 25.8 Å². The molecule has 4 aliphatic heterocycles. The Labute approximate surface area is 159 Å². The van der Waals surface area contributed by atoms with Crippen LogP contribution in [-0.4, -0.2) is 70.1 Å². The molecule has 4 rings (SSSR count). The van der Waals surface area contributed by atoms with Crippen molar-refractivity contribution in [1.29, 1.82) is 0 Å². The number of rotatable bonds is 2. The van der Waals surface area contributed by atoms with Gasteiger partial charge in [-0.1, -0.05) is 6.08 Å². The average Bonchev–Trinajstić information content (AvgIpc) is 2.68. The maximum atomic E-state index is 13.1. The molecule has 0 aromatic heterocycles. The minimum absolute atomic E-state index is 0.0254. The van der Waals surface area contributed by atoms with Gasteiger partial charge in [0, 0.05) is 24.7 Å². The van der Waals surface area contributed by atoms with Gasteiger partial charge >= 0.3 is 5.97 Å². The van der Waals surface area contributed by atoms with Gasteiger partial charge in [0.2, 0.25) is 11.8 Å². The second kappa shape index (κ2) is 6.93. The topological polar surface area (TPSA) is 87.2 Å². The molecule has 7 heteroatoms. The van der Waals surface area contributed by atoms with E-state index in [2.05, 4.69) is 0 Å². The summed E-state index contributed by atoms with van der Waals surface area (Å²) in [5.74, 6) is -0.726. The standard InChI is InChI=1S/C20H28N2O5/c1-3-11(2)20(26)27-15-9-16(23)22-10-12-8-13(17(22)18(15)24)19(25)21-7-5-4-6-14(12)21/h3,12-15,17-18,24H,4-10H2,1-2H3/b11-3-/t12?,13?,14?,15-,17?,18+/m1/s1. The highest BCUT2D eigenvalue weighted by Crippen LogP contribution is 2.44. The summed E-state index contributed by atoms with van der Waals surface area (Å²) in [6.07, 6.45) is 3.53. The Morgan fingerprint density at radius 1 is 1.26 bits per heavy atom. The normalized spacial score (nSPS) is 39.0. The van der Waals surface area contributed by atoms with Gasteiger partial charge in [0.1, 0.15) is 12.2 Å². The molecule has 2 bridgehead atoms. The monoisotopic (exact) mass is 376 g/mol. The number of nitrogens with zero attached hydrogens (tertiary/aromatic N) is 2. The number of aliphatic hydroxyl groups is 1. The molecule has 4 unspecified atom stereocenters. The maximum Gasteiger partial charge on any atom is 0.333 e. The SMILES string of the molecule is C/C=C(/C)C(=O)O[C@@H]1CC(=O)N2CC3CC(C(=O)N4CCCCC34)C2[C@H]1O. The van der Waals surface area contributed by atoms with Crippen molar-refractivity contribution in [2.75, 3.05) is 13.1 Å². The van der Waals surface area contributed by atoms with Crippen molar-refractivity contribution in [2.24, 2.45) is 11.8 Å². The van der Waals surface area contributed by atoms with Gasteiger partial charge in [0.05, 0.1) is 18.4 Å². The zero-order valence-electron chi connectivity index (χ0n) is 16.0. The minimum atomic E-state index is -1.03. The summed E-state index contributed by atoms with van der Waals surface area (Å²) in [5.41, 5.74) is 0.436. The number of amides is 2. The van der Waals surface area contributed by atoms with E-state index in [9.17, 15) is 19.5 Å². The number of carbonyl (C=O) groups excluding carboxylic acids is 3. The Balaban J connectivity index is 1.58. The molecule has 27 heavy (non-hydrogen) atoms. The second-order valence-electron chi connectivity index (χ2n) is 8.34. The summed E-state index contributed by atoms with van der Waals surface area (Å²) < 4.78 is 5.43. The third-order valence-electron chi connectivity index (χ3n) is 6.89. The third-order valence-corrected chi connectivity index (χ3v) is 6.89. The number of hydrogen-bond donors (Lipinski definition) is 1. The van der Waals surface area contributed by atoms with Crippen LogP contribution in [0.3, 0.4) is 0 Å². The lowest BCUT2D eigenvalue weighted by Gasteiger charge is -2.57. The number of esters is 1. The highest BCUT2D eigenvalue weighted by Gasteiger charge is 2.57. The highest BCUT2D eigenvalue weighted by molar-refractivity contribution is 5.89. The maximum absolute atomic E-state index is 13.1. The van der Waals surface area contributed by atoms with Gasteiger partial charge in [0.15, 0.2) is 0 Å². The second-order valence-corrected chi connectivity index (χ2v) is 8.34. The fourth-order valence-electron chi connectivity index (χ4n) is 5.37. The van der Waals surface area contributed by atoms with E-state index >= 15 is 0 Å². The van der Waals surface area contributed by atoms with Gasteiger partial charge in [0.25, 0.3) is 0 Å². The van der Waals surface area contributed by atoms with Crippen molar-refractivity contribution in [3.63, 3.8) is 0 Å². The van der Waals surface area contributed by atoms with Crippen molar-refractivity contribution in [1.82, 2.24) is 9.80 Å². The van der Waals surface area contributed by atoms with E-state index in [0.29, 0.717) is 18.5 Å². The van der Waals surface area contributed by atoms with Crippen LogP contribution in [0, 0.1) is 11.8 Å². The van der Waals surface area contributed by atoms with Crippen LogP contribution in [-0.2, 0) is 19.1 Å². The first-order valence-corrected chi connectivity index (χ1v) is 10.0. The van der Waals surface area contributed by atoms with Crippen molar-refractivity contribution in [2.45, 2.75) is 70.2 Å². The minimum Gasteiger partial charge on any atom is -0.456 e. The summed E-state index contributed by atoms with van der Waals surface area (Å²) in [6.45, 7) is 4.72. The summed E-state index contributed by atoms with van der Waals surface area (Å²) >= 11 is 0. The molecule has 148 valence electrons. The molecule has 4 saturated heterocycles. The molecule has 0 saturated carbocycles. The van der Waals surface area contributed by atoms with Gasteiger partial charge in [-0.2, -0.15) is 0 Å². The summed E-state index contributed by atoms with van der Waals surface area (Å²) in [4.78, 5) is 41.7. The van der Waals surface area contributed by atoms with E-state index < -0.39 is 30.1 Å². The van der Waals surface area contributed by atoms with E-state index in [4.69, 9.17) is 4.74 Å². The molecule has 4 aliphatic rings. The average molecular weight is 376 g/mol. The van der Waals surface area contributed by atoms with Crippen molar-refractivity contribution in [3.05, 3.63) is 11.6 Å². The molecule has 6 atom stereocenters. The van der Waals surface area contributed by atoms with E-state index in [1.165, 1.54) is 0 Å². The van der Waals surface area contributed by atoms with Crippen LogP contribution in [0.5, 0.6) is 0 Å². The first kappa shape index (κ1) is 18.5. The van der Waals surface area contributed by atoms with Crippen LogP contribution >= 0.6 is 0 Å². The number of aliphatic hydroxyl groups excluding tert-OH is 1. The molecule has 0 aromatic rings. The lowest BCUT2D eigenvalue weighted by molar-refractivity contribution is -0.189. The predicted molar refractivity (Wildman–Crippen MR) is 96.4 cm³/mol.